The van der Waals surface area contributed by atoms with Crippen LogP contribution in [-0.2, 0) is 6.54 Å². The van der Waals surface area contributed by atoms with Gasteiger partial charge in [-0.3, -0.25) is 0 Å². The normalized spacial score (nSPS) is 17.8. The van der Waals surface area contributed by atoms with Crippen LogP contribution in [0.1, 0.15) is 24.4 Å². The molecule has 0 radical (unpaired) electrons. The highest BCUT2D eigenvalue weighted by Gasteiger charge is 2.21. The van der Waals surface area contributed by atoms with Crippen molar-refractivity contribution in [2.45, 2.75) is 32.4 Å². The summed E-state index contributed by atoms with van der Waals surface area (Å²) in [4.78, 5) is 6.61. The van der Waals surface area contributed by atoms with Gasteiger partial charge in [0.1, 0.15) is 0 Å². The Morgan fingerprint density at radius 3 is 3.04 bits per heavy atom. The number of piperidine rings is 1. The minimum absolute atomic E-state index is 0.343. The van der Waals surface area contributed by atoms with E-state index in [0.717, 1.165) is 37.4 Å². The van der Waals surface area contributed by atoms with Crippen LogP contribution in [0.4, 0.5) is 5.82 Å². The molecule has 4 heterocycles. The van der Waals surface area contributed by atoms with Gasteiger partial charge in [-0.2, -0.15) is 10.1 Å². The predicted octanol–water partition coefficient (Wildman–Crippen LogP) is 2.19. The summed E-state index contributed by atoms with van der Waals surface area (Å²) in [6.45, 7) is 4.36. The van der Waals surface area contributed by atoms with Gasteiger partial charge in [0.2, 0.25) is 11.7 Å². The zero-order valence-corrected chi connectivity index (χ0v) is 14.1. The third kappa shape index (κ3) is 3.69. The molecule has 1 N–H and O–H groups in total. The molecule has 0 spiro atoms. The molecular weight excluding hydrogens is 320 g/mol. The van der Waals surface area contributed by atoms with Crippen LogP contribution in [0.5, 0.6) is 0 Å². The van der Waals surface area contributed by atoms with E-state index in [4.69, 9.17) is 8.94 Å². The molecule has 1 aliphatic rings. The van der Waals surface area contributed by atoms with Crippen molar-refractivity contribution >= 4 is 5.82 Å². The number of aryl methyl sites for hydroxylation is 1. The summed E-state index contributed by atoms with van der Waals surface area (Å²) in [7, 11) is 0. The summed E-state index contributed by atoms with van der Waals surface area (Å²) in [6.07, 6.45) is 3.80. The topological polar surface area (TPSA) is 93.1 Å². The summed E-state index contributed by atoms with van der Waals surface area (Å²) in [5.74, 6) is 2.56. The molecule has 3 aromatic heterocycles. The molecule has 130 valence electrons. The molecule has 1 fully saturated rings. The molecule has 1 saturated heterocycles. The molecule has 1 atom stereocenters. The molecule has 0 amide bonds. The third-order valence-corrected chi connectivity index (χ3v) is 4.28. The van der Waals surface area contributed by atoms with Crippen LogP contribution in [0.25, 0.3) is 11.6 Å². The minimum atomic E-state index is 0.343. The van der Waals surface area contributed by atoms with Gasteiger partial charge in [0.25, 0.3) is 0 Å². The molecule has 0 saturated carbocycles. The lowest BCUT2D eigenvalue weighted by Crippen LogP contribution is -2.45. The average Bonchev–Trinajstić information content (AvgIpc) is 3.32. The van der Waals surface area contributed by atoms with Crippen molar-refractivity contribution in [2.24, 2.45) is 0 Å². The number of hydrogen-bond donors (Lipinski definition) is 1. The maximum atomic E-state index is 5.28. The van der Waals surface area contributed by atoms with E-state index in [9.17, 15) is 0 Å². The number of nitrogens with zero attached hydrogens (tertiary/aromatic N) is 5. The Bertz CT molecular complexity index is 799. The summed E-state index contributed by atoms with van der Waals surface area (Å²) in [5, 5.41) is 15.9. The quantitative estimate of drug-likeness (QED) is 0.755. The number of nitrogens with one attached hydrogen (secondary N) is 1. The first-order chi connectivity index (χ1) is 12.3. The molecule has 4 rings (SSSR count). The molecule has 8 heteroatoms. The van der Waals surface area contributed by atoms with E-state index in [1.54, 1.807) is 12.3 Å². The minimum Gasteiger partial charge on any atom is -0.461 e. The van der Waals surface area contributed by atoms with Crippen LogP contribution in [0.2, 0.25) is 0 Å². The highest BCUT2D eigenvalue weighted by atomic mass is 16.5. The second-order valence-electron chi connectivity index (χ2n) is 6.19. The van der Waals surface area contributed by atoms with Gasteiger partial charge in [0.05, 0.1) is 18.5 Å². The Morgan fingerprint density at radius 2 is 2.24 bits per heavy atom. The lowest BCUT2D eigenvalue weighted by atomic mass is 10.1. The summed E-state index contributed by atoms with van der Waals surface area (Å²) >= 11 is 0. The van der Waals surface area contributed by atoms with E-state index < -0.39 is 0 Å². The molecule has 3 aromatic rings. The molecule has 0 bridgehead atoms. The van der Waals surface area contributed by atoms with Gasteiger partial charge in [0, 0.05) is 19.1 Å². The van der Waals surface area contributed by atoms with E-state index in [0.29, 0.717) is 30.1 Å². The highest BCUT2D eigenvalue weighted by molar-refractivity contribution is 5.44. The zero-order chi connectivity index (χ0) is 17.1. The van der Waals surface area contributed by atoms with E-state index in [1.165, 1.54) is 0 Å². The van der Waals surface area contributed by atoms with E-state index >= 15 is 0 Å². The van der Waals surface area contributed by atoms with Crippen molar-refractivity contribution in [1.82, 2.24) is 25.7 Å². The van der Waals surface area contributed by atoms with E-state index in [2.05, 4.69) is 30.6 Å². The van der Waals surface area contributed by atoms with Crippen molar-refractivity contribution < 1.29 is 8.94 Å². The number of hydrogen-bond acceptors (Lipinski definition) is 8. The lowest BCUT2D eigenvalue weighted by molar-refractivity contribution is 0.343. The van der Waals surface area contributed by atoms with Crippen molar-refractivity contribution in [3.05, 3.63) is 42.1 Å². The van der Waals surface area contributed by atoms with Gasteiger partial charge in [-0.25, -0.2) is 0 Å². The fraction of sp³-hybridized carbons (Fsp3) is 0.412. The van der Waals surface area contributed by atoms with E-state index in [-0.39, 0.29) is 0 Å². The fourth-order valence-electron chi connectivity index (χ4n) is 2.98. The maximum Gasteiger partial charge on any atom is 0.241 e. The number of rotatable bonds is 5. The van der Waals surface area contributed by atoms with Gasteiger partial charge in [-0.1, -0.05) is 5.16 Å². The van der Waals surface area contributed by atoms with Gasteiger partial charge in [-0.15, -0.1) is 5.10 Å². The predicted molar refractivity (Wildman–Crippen MR) is 90.8 cm³/mol. The van der Waals surface area contributed by atoms with Gasteiger partial charge in [-0.05, 0) is 44.0 Å². The molecule has 0 aromatic carbocycles. The van der Waals surface area contributed by atoms with Gasteiger partial charge in [0.15, 0.2) is 11.6 Å². The Morgan fingerprint density at radius 1 is 1.28 bits per heavy atom. The smallest absolute Gasteiger partial charge is 0.241 e. The Balaban J connectivity index is 1.34. The fourth-order valence-corrected chi connectivity index (χ4v) is 2.98. The van der Waals surface area contributed by atoms with Crippen LogP contribution in [0.15, 0.2) is 39.5 Å². The van der Waals surface area contributed by atoms with Crippen LogP contribution < -0.4 is 10.2 Å². The van der Waals surface area contributed by atoms with Crippen LogP contribution in [0, 0.1) is 6.92 Å². The number of furan rings is 1. The molecular formula is C17H20N6O2. The first-order valence-corrected chi connectivity index (χ1v) is 8.43. The summed E-state index contributed by atoms with van der Waals surface area (Å²) in [6, 6.07) is 7.97. The lowest BCUT2D eigenvalue weighted by Gasteiger charge is -2.33. The Hall–Kier alpha value is -2.74. The highest BCUT2D eigenvalue weighted by Crippen LogP contribution is 2.18. The molecule has 8 nitrogen and oxygen atoms in total. The zero-order valence-electron chi connectivity index (χ0n) is 14.1. The SMILES string of the molecule is Cc1ccc(N2CCC[C@H](NCc3nc(-c4ccco4)no3)C2)nn1. The van der Waals surface area contributed by atoms with Gasteiger partial charge < -0.3 is 19.2 Å². The van der Waals surface area contributed by atoms with Crippen LogP contribution >= 0.6 is 0 Å². The molecule has 0 aliphatic carbocycles. The first kappa shape index (κ1) is 15.8. The third-order valence-electron chi connectivity index (χ3n) is 4.28. The molecule has 25 heavy (non-hydrogen) atoms. The largest absolute Gasteiger partial charge is 0.461 e. The second kappa shape index (κ2) is 7.02. The first-order valence-electron chi connectivity index (χ1n) is 8.43. The Labute approximate surface area is 145 Å². The van der Waals surface area contributed by atoms with Crippen molar-refractivity contribution in [3.63, 3.8) is 0 Å². The van der Waals surface area contributed by atoms with Crippen molar-refractivity contribution in [2.75, 3.05) is 18.0 Å². The number of aromatic nitrogens is 4. The molecule has 0 unspecified atom stereocenters. The summed E-state index contributed by atoms with van der Waals surface area (Å²) < 4.78 is 10.6. The standard InChI is InChI=1S/C17H20N6O2/c1-12-6-7-15(21-20-12)23-8-2-4-13(11-23)18-10-16-19-17(22-25-16)14-5-3-9-24-14/h3,5-7,9,13,18H,2,4,8,10-11H2,1H3/t13-/m0/s1. The average molecular weight is 340 g/mol. The second-order valence-corrected chi connectivity index (χ2v) is 6.19. The summed E-state index contributed by atoms with van der Waals surface area (Å²) in [5.41, 5.74) is 0.930. The Kier molecular flexibility index (Phi) is 4.43. The van der Waals surface area contributed by atoms with Crippen LogP contribution in [0.3, 0.4) is 0 Å². The van der Waals surface area contributed by atoms with E-state index in [1.807, 2.05) is 25.1 Å². The van der Waals surface area contributed by atoms with Gasteiger partial charge >= 0.3 is 0 Å². The number of anilines is 1. The monoisotopic (exact) mass is 340 g/mol. The maximum absolute atomic E-state index is 5.28. The molecule has 1 aliphatic heterocycles. The van der Waals surface area contributed by atoms with Crippen LogP contribution in [-0.4, -0.2) is 39.5 Å². The van der Waals surface area contributed by atoms with Crippen molar-refractivity contribution in [1.29, 1.82) is 0 Å². The van der Waals surface area contributed by atoms with Crippen molar-refractivity contribution in [3.8, 4) is 11.6 Å².